The predicted molar refractivity (Wildman–Crippen MR) is 89.8 cm³/mol. The predicted octanol–water partition coefficient (Wildman–Crippen LogP) is 4.90. The van der Waals surface area contributed by atoms with Crippen LogP contribution in [0.5, 0.6) is 0 Å². The van der Waals surface area contributed by atoms with Crippen LogP contribution in [0.25, 0.3) is 10.8 Å². The normalized spacial score (nSPS) is 12.5. The second-order valence-electron chi connectivity index (χ2n) is 5.33. The molecule has 3 rings (SSSR count). The molecule has 3 aromatic rings. The summed E-state index contributed by atoms with van der Waals surface area (Å²) >= 11 is 2.90. The first kappa shape index (κ1) is 15.9. The highest BCUT2D eigenvalue weighted by molar-refractivity contribution is 7.13. The summed E-state index contributed by atoms with van der Waals surface area (Å²) in [4.78, 5) is 13.9. The van der Waals surface area contributed by atoms with E-state index in [4.69, 9.17) is 9.15 Å². The van der Waals surface area contributed by atoms with Crippen molar-refractivity contribution in [3.05, 3.63) is 45.3 Å². The van der Waals surface area contributed by atoms with Crippen molar-refractivity contribution in [2.75, 3.05) is 0 Å². The maximum absolute atomic E-state index is 12.4. The van der Waals surface area contributed by atoms with E-state index in [1.165, 1.54) is 22.7 Å². The minimum atomic E-state index is -0.592. The molecule has 5 nitrogen and oxygen atoms in total. The van der Waals surface area contributed by atoms with Gasteiger partial charge in [0.1, 0.15) is 4.88 Å². The zero-order chi connectivity index (χ0) is 16.4. The molecule has 0 saturated carbocycles. The highest BCUT2D eigenvalue weighted by Crippen LogP contribution is 2.29. The number of rotatable bonds is 5. The van der Waals surface area contributed by atoms with Crippen LogP contribution in [0.4, 0.5) is 0 Å². The van der Waals surface area contributed by atoms with Gasteiger partial charge in [-0.3, -0.25) is 0 Å². The van der Waals surface area contributed by atoms with E-state index in [0.717, 1.165) is 10.4 Å². The van der Waals surface area contributed by atoms with E-state index in [1.807, 2.05) is 42.8 Å². The van der Waals surface area contributed by atoms with Gasteiger partial charge in [0.05, 0.1) is 4.88 Å². The molecule has 0 radical (unpaired) electrons. The van der Waals surface area contributed by atoms with Crippen molar-refractivity contribution < 1.29 is 13.9 Å². The number of esters is 1. The largest absolute Gasteiger partial charge is 0.448 e. The monoisotopic (exact) mass is 348 g/mol. The third-order valence-corrected chi connectivity index (χ3v) is 5.08. The Hall–Kier alpha value is -1.99. The van der Waals surface area contributed by atoms with Gasteiger partial charge in [0, 0.05) is 0 Å². The number of ether oxygens (including phenoxy) is 1. The lowest BCUT2D eigenvalue weighted by atomic mass is 10.0. The lowest BCUT2D eigenvalue weighted by Crippen LogP contribution is -2.10. The van der Waals surface area contributed by atoms with E-state index in [-0.39, 0.29) is 11.9 Å². The summed E-state index contributed by atoms with van der Waals surface area (Å²) in [6.07, 6.45) is -0.592. The summed E-state index contributed by atoms with van der Waals surface area (Å²) in [5.74, 6) is 0.654. The van der Waals surface area contributed by atoms with Crippen molar-refractivity contribution in [2.24, 2.45) is 0 Å². The van der Waals surface area contributed by atoms with Gasteiger partial charge in [-0.2, -0.15) is 0 Å². The summed E-state index contributed by atoms with van der Waals surface area (Å²) in [5.41, 5.74) is 0.997. The summed E-state index contributed by atoms with van der Waals surface area (Å²) < 4.78 is 11.1. The fraction of sp³-hybridized carbons (Fsp3) is 0.312. The van der Waals surface area contributed by atoms with E-state index in [2.05, 4.69) is 10.2 Å². The topological polar surface area (TPSA) is 65.2 Å². The van der Waals surface area contributed by atoms with Crippen LogP contribution >= 0.6 is 22.7 Å². The maximum atomic E-state index is 12.4. The Labute approximate surface area is 141 Å². The molecule has 0 spiro atoms. The molecule has 0 bridgehead atoms. The molecule has 0 aliphatic carbocycles. The number of aromatic nitrogens is 2. The zero-order valence-corrected chi connectivity index (χ0v) is 14.6. The quantitative estimate of drug-likeness (QED) is 0.614. The van der Waals surface area contributed by atoms with Gasteiger partial charge in [-0.25, -0.2) is 4.79 Å². The van der Waals surface area contributed by atoms with Gasteiger partial charge in [0.2, 0.25) is 0 Å². The summed E-state index contributed by atoms with van der Waals surface area (Å²) in [6, 6.07) is 5.77. The summed E-state index contributed by atoms with van der Waals surface area (Å²) in [5, 5.41) is 11.8. The third-order valence-electron chi connectivity index (χ3n) is 3.31. The van der Waals surface area contributed by atoms with E-state index in [9.17, 15) is 4.79 Å². The van der Waals surface area contributed by atoms with Crippen LogP contribution in [0.15, 0.2) is 33.4 Å². The SMILES string of the molecule is CC(C)c1ccsc1C(=O)OC(C)c1nnc(-c2cccs2)o1. The fourth-order valence-corrected chi connectivity index (χ4v) is 3.68. The number of carbonyl (C=O) groups is 1. The first-order valence-corrected chi connectivity index (χ1v) is 8.98. The van der Waals surface area contributed by atoms with Gasteiger partial charge in [-0.15, -0.1) is 32.9 Å². The number of hydrogen-bond donors (Lipinski definition) is 0. The Morgan fingerprint density at radius 1 is 1.17 bits per heavy atom. The van der Waals surface area contributed by atoms with Gasteiger partial charge < -0.3 is 9.15 Å². The molecule has 0 aromatic carbocycles. The highest BCUT2D eigenvalue weighted by Gasteiger charge is 2.23. The van der Waals surface area contributed by atoms with E-state index in [0.29, 0.717) is 16.7 Å². The standard InChI is InChI=1S/C16H16N2O3S2/c1-9(2)11-6-8-23-13(11)16(19)20-10(3)14-17-18-15(21-14)12-5-4-7-22-12/h4-10H,1-3H3. The van der Waals surface area contributed by atoms with Crippen molar-refractivity contribution in [1.82, 2.24) is 10.2 Å². The zero-order valence-electron chi connectivity index (χ0n) is 13.0. The molecule has 3 aromatic heterocycles. The Bertz CT molecular complexity index is 790. The van der Waals surface area contributed by atoms with Crippen LogP contribution in [0, 0.1) is 0 Å². The highest BCUT2D eigenvalue weighted by atomic mass is 32.1. The maximum Gasteiger partial charge on any atom is 0.349 e. The minimum Gasteiger partial charge on any atom is -0.448 e. The van der Waals surface area contributed by atoms with Crippen molar-refractivity contribution in [2.45, 2.75) is 32.8 Å². The first-order valence-electron chi connectivity index (χ1n) is 7.22. The summed E-state index contributed by atoms with van der Waals surface area (Å²) in [6.45, 7) is 5.83. The van der Waals surface area contributed by atoms with E-state index in [1.54, 1.807) is 6.92 Å². The molecule has 0 amide bonds. The van der Waals surface area contributed by atoms with Crippen molar-refractivity contribution in [3.63, 3.8) is 0 Å². The van der Waals surface area contributed by atoms with Crippen molar-refractivity contribution in [1.29, 1.82) is 0 Å². The van der Waals surface area contributed by atoms with Crippen LogP contribution < -0.4 is 0 Å². The second kappa shape index (κ2) is 6.64. The molecule has 3 heterocycles. The van der Waals surface area contributed by atoms with E-state index >= 15 is 0 Å². The fourth-order valence-electron chi connectivity index (χ4n) is 2.10. The Kier molecular flexibility index (Phi) is 4.58. The number of thiophene rings is 2. The lowest BCUT2D eigenvalue weighted by molar-refractivity contribution is 0.0284. The molecule has 120 valence electrons. The number of hydrogen-bond acceptors (Lipinski definition) is 7. The Morgan fingerprint density at radius 3 is 2.70 bits per heavy atom. The van der Waals surface area contributed by atoms with Crippen molar-refractivity contribution >= 4 is 28.6 Å². The van der Waals surface area contributed by atoms with Gasteiger partial charge >= 0.3 is 5.97 Å². The molecule has 0 fully saturated rings. The molecule has 1 unspecified atom stereocenters. The second-order valence-corrected chi connectivity index (χ2v) is 7.19. The first-order chi connectivity index (χ1) is 11.1. The molecule has 0 aliphatic heterocycles. The molecule has 7 heteroatoms. The van der Waals surface area contributed by atoms with Gasteiger partial charge in [-0.1, -0.05) is 19.9 Å². The molecule has 1 atom stereocenters. The molecule has 0 N–H and O–H groups in total. The minimum absolute atomic E-state index is 0.271. The lowest BCUT2D eigenvalue weighted by Gasteiger charge is -2.10. The van der Waals surface area contributed by atoms with Crippen LogP contribution in [0.3, 0.4) is 0 Å². The summed E-state index contributed by atoms with van der Waals surface area (Å²) in [7, 11) is 0. The van der Waals surface area contributed by atoms with E-state index < -0.39 is 6.10 Å². The van der Waals surface area contributed by atoms with Crippen LogP contribution in [0.2, 0.25) is 0 Å². The van der Waals surface area contributed by atoms with Gasteiger partial charge in [-0.05, 0) is 41.3 Å². The van der Waals surface area contributed by atoms with Crippen LogP contribution in [-0.4, -0.2) is 16.2 Å². The molecular formula is C16H16N2O3S2. The average molecular weight is 348 g/mol. The Balaban J connectivity index is 1.73. The van der Waals surface area contributed by atoms with Crippen LogP contribution in [0.1, 0.15) is 53.9 Å². The third kappa shape index (κ3) is 3.35. The molecule has 0 aliphatic rings. The van der Waals surface area contributed by atoms with Crippen LogP contribution in [-0.2, 0) is 4.74 Å². The molecule has 23 heavy (non-hydrogen) atoms. The molecular weight excluding hydrogens is 332 g/mol. The van der Waals surface area contributed by atoms with Gasteiger partial charge in [0.15, 0.2) is 6.10 Å². The Morgan fingerprint density at radius 2 is 2.00 bits per heavy atom. The average Bonchev–Trinajstić information content (AvgIpc) is 3.25. The van der Waals surface area contributed by atoms with Crippen molar-refractivity contribution in [3.8, 4) is 10.8 Å². The smallest absolute Gasteiger partial charge is 0.349 e. The molecule has 0 saturated heterocycles. The number of nitrogens with zero attached hydrogens (tertiary/aromatic N) is 2. The van der Waals surface area contributed by atoms with Gasteiger partial charge in [0.25, 0.3) is 11.8 Å². The number of carbonyl (C=O) groups excluding carboxylic acids is 1.